The van der Waals surface area contributed by atoms with Crippen LogP contribution in [0.4, 0.5) is 17.1 Å². The van der Waals surface area contributed by atoms with Crippen molar-refractivity contribution in [1.82, 2.24) is 0 Å². The van der Waals surface area contributed by atoms with E-state index >= 15 is 0 Å². The smallest absolute Gasteiger partial charge is 0.122 e. The number of benzene rings is 3. The Labute approximate surface area is 195 Å². The molecule has 3 rings (SSSR count). The van der Waals surface area contributed by atoms with Crippen molar-refractivity contribution in [2.24, 2.45) is 0 Å². The van der Waals surface area contributed by atoms with E-state index in [1.165, 1.54) is 11.1 Å². The molecule has 0 heterocycles. The van der Waals surface area contributed by atoms with Gasteiger partial charge in [-0.2, -0.15) is 0 Å². The fourth-order valence-corrected chi connectivity index (χ4v) is 4.09. The molecule has 3 heteroatoms. The number of hydrogen-bond donors (Lipinski definition) is 0. The van der Waals surface area contributed by atoms with Crippen molar-refractivity contribution < 1.29 is 4.74 Å². The highest BCUT2D eigenvalue weighted by molar-refractivity contribution is 14.1. The Kier molecular flexibility index (Phi) is 6.51. The first-order valence-electron chi connectivity index (χ1n) is 10.3. The molecule has 0 unspecified atom stereocenters. The van der Waals surface area contributed by atoms with E-state index in [4.69, 9.17) is 4.74 Å². The normalized spacial score (nSPS) is 12.0. The van der Waals surface area contributed by atoms with E-state index in [0.29, 0.717) is 0 Å². The predicted octanol–water partition coefficient (Wildman–Crippen LogP) is 8.36. The van der Waals surface area contributed by atoms with E-state index in [2.05, 4.69) is 130 Å². The number of ether oxygens (including phenoxy) is 1. The lowest BCUT2D eigenvalue weighted by molar-refractivity contribution is 0.414. The third-order valence-corrected chi connectivity index (χ3v) is 5.96. The molecule has 30 heavy (non-hydrogen) atoms. The van der Waals surface area contributed by atoms with Crippen LogP contribution in [0.15, 0.2) is 66.7 Å². The first-order valence-corrected chi connectivity index (χ1v) is 11.4. The van der Waals surface area contributed by atoms with Crippen LogP contribution >= 0.6 is 22.6 Å². The standard InChI is InChI=1S/C27H32INO/c1-26(2,3)19-8-12-22(13-9-19)29(24-16-21(28)17-25(18-24)30-7)23-14-10-20(11-15-23)27(4,5)6/h8-18H,1-7H3. The molecule has 2 nitrogen and oxygen atoms in total. The van der Waals surface area contributed by atoms with Crippen molar-refractivity contribution in [2.75, 3.05) is 12.0 Å². The summed E-state index contributed by atoms with van der Waals surface area (Å²) in [6.07, 6.45) is 0. The predicted molar refractivity (Wildman–Crippen MR) is 138 cm³/mol. The molecule has 0 N–H and O–H groups in total. The lowest BCUT2D eigenvalue weighted by Crippen LogP contribution is -2.14. The third kappa shape index (κ3) is 5.18. The van der Waals surface area contributed by atoms with Crippen LogP contribution in [0.5, 0.6) is 5.75 Å². The highest BCUT2D eigenvalue weighted by Gasteiger charge is 2.19. The van der Waals surface area contributed by atoms with Crippen LogP contribution in [0.25, 0.3) is 0 Å². The third-order valence-electron chi connectivity index (χ3n) is 5.33. The summed E-state index contributed by atoms with van der Waals surface area (Å²) in [4.78, 5) is 2.30. The Morgan fingerprint density at radius 3 is 1.43 bits per heavy atom. The lowest BCUT2D eigenvalue weighted by Gasteiger charge is -2.28. The minimum Gasteiger partial charge on any atom is -0.497 e. The van der Waals surface area contributed by atoms with Gasteiger partial charge in [-0.3, -0.25) is 0 Å². The van der Waals surface area contributed by atoms with E-state index in [-0.39, 0.29) is 10.8 Å². The summed E-state index contributed by atoms with van der Waals surface area (Å²) in [6.45, 7) is 13.5. The number of methoxy groups -OCH3 is 1. The quantitative estimate of drug-likeness (QED) is 0.325. The van der Waals surface area contributed by atoms with Gasteiger partial charge in [0.1, 0.15) is 5.75 Å². The van der Waals surface area contributed by atoms with Gasteiger partial charge < -0.3 is 9.64 Å². The van der Waals surface area contributed by atoms with Gasteiger partial charge in [0, 0.05) is 21.0 Å². The second-order valence-corrected chi connectivity index (χ2v) is 11.0. The molecule has 0 amide bonds. The van der Waals surface area contributed by atoms with Crippen molar-refractivity contribution >= 4 is 39.7 Å². The molecule has 0 radical (unpaired) electrons. The Hall–Kier alpha value is -2.01. The van der Waals surface area contributed by atoms with Gasteiger partial charge in [0.2, 0.25) is 0 Å². The molecule has 0 saturated heterocycles. The van der Waals surface area contributed by atoms with Crippen LogP contribution in [-0.2, 0) is 10.8 Å². The first-order chi connectivity index (χ1) is 14.0. The van der Waals surface area contributed by atoms with Gasteiger partial charge in [-0.1, -0.05) is 65.8 Å². The zero-order chi connectivity index (χ0) is 22.1. The molecule has 0 aliphatic carbocycles. The fourth-order valence-electron chi connectivity index (χ4n) is 3.46. The van der Waals surface area contributed by atoms with Crippen LogP contribution < -0.4 is 9.64 Å². The Bertz CT molecular complexity index is 936. The lowest BCUT2D eigenvalue weighted by atomic mass is 9.86. The number of anilines is 3. The average molecular weight is 513 g/mol. The van der Waals surface area contributed by atoms with Gasteiger partial charge in [0.25, 0.3) is 0 Å². The summed E-state index contributed by atoms with van der Waals surface area (Å²) in [5.41, 5.74) is 6.27. The van der Waals surface area contributed by atoms with Crippen molar-refractivity contribution in [3.05, 3.63) is 81.4 Å². The zero-order valence-electron chi connectivity index (χ0n) is 19.1. The minimum absolute atomic E-state index is 0.128. The Morgan fingerprint density at radius 2 is 1.07 bits per heavy atom. The summed E-state index contributed by atoms with van der Waals surface area (Å²) in [5, 5.41) is 0. The monoisotopic (exact) mass is 513 g/mol. The highest BCUT2D eigenvalue weighted by Crippen LogP contribution is 2.38. The summed E-state index contributed by atoms with van der Waals surface area (Å²) in [7, 11) is 1.72. The molecule has 158 valence electrons. The number of rotatable bonds is 4. The van der Waals surface area contributed by atoms with Gasteiger partial charge in [0.05, 0.1) is 12.8 Å². The number of halogens is 1. The summed E-state index contributed by atoms with van der Waals surface area (Å²) >= 11 is 2.35. The van der Waals surface area contributed by atoms with Gasteiger partial charge in [-0.05, 0) is 80.9 Å². The summed E-state index contributed by atoms with van der Waals surface area (Å²) in [5.74, 6) is 0.861. The van der Waals surface area contributed by atoms with Crippen LogP contribution in [0.2, 0.25) is 0 Å². The zero-order valence-corrected chi connectivity index (χ0v) is 21.2. The second kappa shape index (κ2) is 8.62. The van der Waals surface area contributed by atoms with Crippen LogP contribution in [0.3, 0.4) is 0 Å². The van der Waals surface area contributed by atoms with Crippen LogP contribution in [-0.4, -0.2) is 7.11 Å². The van der Waals surface area contributed by atoms with Crippen molar-refractivity contribution in [3.8, 4) is 5.75 Å². The van der Waals surface area contributed by atoms with E-state index in [1.54, 1.807) is 7.11 Å². The summed E-state index contributed by atoms with van der Waals surface area (Å²) in [6, 6.07) is 24.1. The summed E-state index contributed by atoms with van der Waals surface area (Å²) < 4.78 is 6.70. The van der Waals surface area contributed by atoms with Gasteiger partial charge in [-0.15, -0.1) is 0 Å². The minimum atomic E-state index is 0.128. The second-order valence-electron chi connectivity index (χ2n) is 9.78. The van der Waals surface area contributed by atoms with E-state index in [0.717, 1.165) is 26.4 Å². The molecule has 3 aromatic rings. The van der Waals surface area contributed by atoms with Gasteiger partial charge in [-0.25, -0.2) is 0 Å². The Morgan fingerprint density at radius 1 is 0.633 bits per heavy atom. The number of nitrogens with zero attached hydrogens (tertiary/aromatic N) is 1. The molecule has 0 spiro atoms. The first kappa shape index (κ1) is 22.7. The van der Waals surface area contributed by atoms with E-state index < -0.39 is 0 Å². The molecule has 0 aliphatic heterocycles. The molecule has 3 aromatic carbocycles. The molecule has 0 bridgehead atoms. The largest absolute Gasteiger partial charge is 0.497 e. The molecule has 0 atom stereocenters. The molecule has 0 saturated carbocycles. The maximum absolute atomic E-state index is 5.55. The Balaban J connectivity index is 2.13. The molecular formula is C27H32INO. The molecule has 0 aliphatic rings. The highest BCUT2D eigenvalue weighted by atomic mass is 127. The molecule has 0 aromatic heterocycles. The van der Waals surface area contributed by atoms with Crippen molar-refractivity contribution in [2.45, 2.75) is 52.4 Å². The van der Waals surface area contributed by atoms with Crippen LogP contribution in [0, 0.1) is 3.57 Å². The molecule has 0 fully saturated rings. The average Bonchev–Trinajstić information content (AvgIpc) is 2.67. The van der Waals surface area contributed by atoms with Gasteiger partial charge >= 0.3 is 0 Å². The fraction of sp³-hybridized carbons (Fsp3) is 0.333. The maximum atomic E-state index is 5.55. The van der Waals surface area contributed by atoms with Crippen molar-refractivity contribution in [1.29, 1.82) is 0 Å². The van der Waals surface area contributed by atoms with Crippen molar-refractivity contribution in [3.63, 3.8) is 0 Å². The van der Waals surface area contributed by atoms with Crippen LogP contribution in [0.1, 0.15) is 52.7 Å². The van der Waals surface area contributed by atoms with E-state index in [9.17, 15) is 0 Å². The van der Waals surface area contributed by atoms with E-state index in [1.807, 2.05) is 6.07 Å². The van der Waals surface area contributed by atoms with Gasteiger partial charge in [0.15, 0.2) is 0 Å². The topological polar surface area (TPSA) is 12.5 Å². The number of hydrogen-bond acceptors (Lipinski definition) is 2. The SMILES string of the molecule is COc1cc(I)cc(N(c2ccc(C(C)(C)C)cc2)c2ccc(C(C)(C)C)cc2)c1. The maximum Gasteiger partial charge on any atom is 0.122 e. The molecular weight excluding hydrogens is 481 g/mol.